The molecule has 0 radical (unpaired) electrons. The SMILES string of the molecule is Cc1nc(C(F)(F)F)ccc1C(=O)NC[C@H](C)CC1(C)OCCO1. The van der Waals surface area contributed by atoms with Gasteiger partial charge in [-0.25, -0.2) is 4.98 Å². The lowest BCUT2D eigenvalue weighted by atomic mass is 10.0. The number of halogens is 3. The summed E-state index contributed by atoms with van der Waals surface area (Å²) in [5.74, 6) is -1.01. The molecule has 8 heteroatoms. The number of hydrogen-bond acceptors (Lipinski definition) is 4. The van der Waals surface area contributed by atoms with Crippen LogP contribution in [0.25, 0.3) is 0 Å². The van der Waals surface area contributed by atoms with Crippen LogP contribution in [-0.4, -0.2) is 36.4 Å². The summed E-state index contributed by atoms with van der Waals surface area (Å²) in [6, 6.07) is 1.96. The van der Waals surface area contributed by atoms with Gasteiger partial charge in [0.25, 0.3) is 5.91 Å². The zero-order chi connectivity index (χ0) is 18.0. The number of aromatic nitrogens is 1. The van der Waals surface area contributed by atoms with E-state index in [0.717, 1.165) is 12.1 Å². The highest BCUT2D eigenvalue weighted by molar-refractivity contribution is 5.95. The van der Waals surface area contributed by atoms with Gasteiger partial charge in [-0.15, -0.1) is 0 Å². The number of aryl methyl sites for hydroxylation is 1. The van der Waals surface area contributed by atoms with Crippen molar-refractivity contribution < 1.29 is 27.4 Å². The fraction of sp³-hybridized carbons (Fsp3) is 0.625. The van der Waals surface area contributed by atoms with Crippen molar-refractivity contribution in [2.75, 3.05) is 19.8 Å². The maximum absolute atomic E-state index is 12.6. The molecule has 2 heterocycles. The molecule has 1 atom stereocenters. The fourth-order valence-corrected chi connectivity index (χ4v) is 2.70. The van der Waals surface area contributed by atoms with E-state index in [1.807, 2.05) is 13.8 Å². The number of amides is 1. The fourth-order valence-electron chi connectivity index (χ4n) is 2.70. The zero-order valence-corrected chi connectivity index (χ0v) is 13.9. The predicted octanol–water partition coefficient (Wildman–Crippen LogP) is 2.93. The van der Waals surface area contributed by atoms with Crippen molar-refractivity contribution in [1.82, 2.24) is 10.3 Å². The molecular formula is C16H21F3N2O3. The van der Waals surface area contributed by atoms with E-state index in [1.54, 1.807) is 0 Å². The van der Waals surface area contributed by atoms with Gasteiger partial charge >= 0.3 is 6.18 Å². The van der Waals surface area contributed by atoms with Crippen LogP contribution in [-0.2, 0) is 15.7 Å². The molecule has 134 valence electrons. The monoisotopic (exact) mass is 346 g/mol. The van der Waals surface area contributed by atoms with Crippen LogP contribution in [0.1, 0.15) is 42.0 Å². The highest BCUT2D eigenvalue weighted by atomic mass is 19.4. The Bertz CT molecular complexity index is 599. The zero-order valence-electron chi connectivity index (χ0n) is 13.9. The lowest BCUT2D eigenvalue weighted by Crippen LogP contribution is -2.34. The van der Waals surface area contributed by atoms with Crippen molar-refractivity contribution in [2.24, 2.45) is 5.92 Å². The molecule has 2 rings (SSSR count). The number of nitrogens with one attached hydrogen (secondary N) is 1. The number of alkyl halides is 3. The van der Waals surface area contributed by atoms with E-state index in [-0.39, 0.29) is 17.2 Å². The third-order valence-electron chi connectivity index (χ3n) is 3.85. The van der Waals surface area contributed by atoms with E-state index in [4.69, 9.17) is 9.47 Å². The third kappa shape index (κ3) is 4.67. The minimum absolute atomic E-state index is 0.0457. The maximum atomic E-state index is 12.6. The Labute approximate surface area is 138 Å². The molecule has 1 fully saturated rings. The summed E-state index contributed by atoms with van der Waals surface area (Å²) in [5, 5.41) is 2.72. The Morgan fingerprint density at radius 2 is 2.00 bits per heavy atom. The summed E-state index contributed by atoms with van der Waals surface area (Å²) >= 11 is 0. The molecule has 1 aromatic rings. The van der Waals surface area contributed by atoms with Crippen molar-refractivity contribution in [3.05, 3.63) is 29.1 Å². The number of nitrogens with zero attached hydrogens (tertiary/aromatic N) is 1. The Hall–Kier alpha value is -1.67. The largest absolute Gasteiger partial charge is 0.433 e. The van der Waals surface area contributed by atoms with Gasteiger partial charge in [0.15, 0.2) is 5.79 Å². The van der Waals surface area contributed by atoms with Crippen LogP contribution in [0.3, 0.4) is 0 Å². The maximum Gasteiger partial charge on any atom is 0.433 e. The molecule has 0 saturated carbocycles. The number of pyridine rings is 1. The molecule has 0 bridgehead atoms. The first-order valence-electron chi connectivity index (χ1n) is 7.72. The first-order chi connectivity index (χ1) is 11.1. The van der Waals surface area contributed by atoms with Crippen LogP contribution in [0.5, 0.6) is 0 Å². The van der Waals surface area contributed by atoms with Crippen LogP contribution >= 0.6 is 0 Å². The van der Waals surface area contributed by atoms with Crippen LogP contribution in [0.4, 0.5) is 13.2 Å². The van der Waals surface area contributed by atoms with Crippen LogP contribution < -0.4 is 5.32 Å². The van der Waals surface area contributed by atoms with Gasteiger partial charge in [0.05, 0.1) is 24.5 Å². The summed E-state index contributed by atoms with van der Waals surface area (Å²) in [6.07, 6.45) is -3.91. The van der Waals surface area contributed by atoms with Crippen molar-refractivity contribution in [3.63, 3.8) is 0 Å². The van der Waals surface area contributed by atoms with Crippen LogP contribution in [0.2, 0.25) is 0 Å². The standard InChI is InChI=1S/C16H21F3N2O3/c1-10(8-15(3)23-6-7-24-15)9-20-14(22)12-4-5-13(16(17,18)19)21-11(12)2/h4-5,10H,6-9H2,1-3H3,(H,20,22)/t10-/m1/s1. The van der Waals surface area contributed by atoms with E-state index in [9.17, 15) is 18.0 Å². The van der Waals surface area contributed by atoms with Crippen LogP contribution in [0, 0.1) is 12.8 Å². The molecule has 0 aromatic carbocycles. The van der Waals surface area contributed by atoms with Crippen molar-refractivity contribution in [2.45, 2.75) is 39.2 Å². The van der Waals surface area contributed by atoms with Crippen molar-refractivity contribution in [3.8, 4) is 0 Å². The first-order valence-corrected chi connectivity index (χ1v) is 7.72. The molecule has 24 heavy (non-hydrogen) atoms. The Morgan fingerprint density at radius 3 is 2.54 bits per heavy atom. The Morgan fingerprint density at radius 1 is 1.38 bits per heavy atom. The summed E-state index contributed by atoms with van der Waals surface area (Å²) in [7, 11) is 0. The van der Waals surface area contributed by atoms with Crippen molar-refractivity contribution >= 4 is 5.91 Å². The average molecular weight is 346 g/mol. The smallest absolute Gasteiger partial charge is 0.352 e. The molecule has 1 saturated heterocycles. The second kappa shape index (κ2) is 7.06. The quantitative estimate of drug-likeness (QED) is 0.891. The van der Waals surface area contributed by atoms with Gasteiger partial charge in [0.1, 0.15) is 5.69 Å². The third-order valence-corrected chi connectivity index (χ3v) is 3.85. The van der Waals surface area contributed by atoms with E-state index < -0.39 is 23.6 Å². The normalized spacial score (nSPS) is 18.4. The topological polar surface area (TPSA) is 60.5 Å². The molecule has 1 aliphatic heterocycles. The number of carbonyl (C=O) groups excluding carboxylic acids is 1. The number of rotatable bonds is 5. The average Bonchev–Trinajstić information content (AvgIpc) is 2.90. The van der Waals surface area contributed by atoms with Gasteiger partial charge in [0.2, 0.25) is 0 Å². The molecular weight excluding hydrogens is 325 g/mol. The second-order valence-electron chi connectivity index (χ2n) is 6.18. The predicted molar refractivity (Wildman–Crippen MR) is 80.4 cm³/mol. The van der Waals surface area contributed by atoms with Gasteiger partial charge in [-0.2, -0.15) is 13.2 Å². The minimum Gasteiger partial charge on any atom is -0.352 e. The molecule has 0 unspecified atom stereocenters. The summed E-state index contributed by atoms with van der Waals surface area (Å²) < 4.78 is 48.8. The highest BCUT2D eigenvalue weighted by Crippen LogP contribution is 2.28. The number of carbonyl (C=O) groups is 1. The summed E-state index contributed by atoms with van der Waals surface area (Å²) in [4.78, 5) is 15.6. The summed E-state index contributed by atoms with van der Waals surface area (Å²) in [6.45, 7) is 6.63. The molecule has 5 nitrogen and oxygen atoms in total. The van der Waals surface area contributed by atoms with E-state index >= 15 is 0 Å². The van der Waals surface area contributed by atoms with Gasteiger partial charge in [-0.3, -0.25) is 4.79 Å². The van der Waals surface area contributed by atoms with Gasteiger partial charge in [-0.1, -0.05) is 6.92 Å². The molecule has 1 N–H and O–H groups in total. The van der Waals surface area contributed by atoms with E-state index in [1.165, 1.54) is 6.92 Å². The van der Waals surface area contributed by atoms with Gasteiger partial charge in [0, 0.05) is 13.0 Å². The van der Waals surface area contributed by atoms with Gasteiger partial charge in [-0.05, 0) is 31.9 Å². The molecule has 1 amide bonds. The highest BCUT2D eigenvalue weighted by Gasteiger charge is 2.34. The lowest BCUT2D eigenvalue weighted by Gasteiger charge is -2.26. The Kier molecular flexibility index (Phi) is 5.49. The molecule has 0 aliphatic carbocycles. The van der Waals surface area contributed by atoms with Crippen molar-refractivity contribution in [1.29, 1.82) is 0 Å². The van der Waals surface area contributed by atoms with Crippen LogP contribution in [0.15, 0.2) is 12.1 Å². The number of hydrogen-bond donors (Lipinski definition) is 1. The Balaban J connectivity index is 1.92. The minimum atomic E-state index is -4.52. The van der Waals surface area contributed by atoms with Gasteiger partial charge < -0.3 is 14.8 Å². The molecule has 1 aliphatic rings. The summed E-state index contributed by atoms with van der Waals surface area (Å²) in [5.41, 5.74) is -0.826. The second-order valence-corrected chi connectivity index (χ2v) is 6.18. The number of ether oxygens (including phenoxy) is 2. The van der Waals surface area contributed by atoms with E-state index in [0.29, 0.717) is 26.2 Å². The molecule has 1 aromatic heterocycles. The first kappa shape index (κ1) is 18.7. The molecule has 0 spiro atoms. The van der Waals surface area contributed by atoms with E-state index in [2.05, 4.69) is 10.3 Å². The lowest BCUT2D eigenvalue weighted by molar-refractivity contribution is -0.153.